The molecule has 0 aromatic heterocycles. The first-order chi connectivity index (χ1) is 12.5. The number of urea groups is 1. The summed E-state index contributed by atoms with van der Waals surface area (Å²) in [6, 6.07) is 13.1. The molecule has 0 aliphatic heterocycles. The molecular formula is C19H21ClN2O4. The third-order valence-corrected chi connectivity index (χ3v) is 3.95. The van der Waals surface area contributed by atoms with Gasteiger partial charge in [-0.15, -0.1) is 0 Å². The summed E-state index contributed by atoms with van der Waals surface area (Å²) in [6.07, 6.45) is -0.0861. The number of halogens is 1. The SMILES string of the molecule is Cc1ccc(OCCOC(=O)CC(NC(N)=O)c2ccccc2Cl)cc1. The second-order valence-corrected chi connectivity index (χ2v) is 6.08. The van der Waals surface area contributed by atoms with E-state index < -0.39 is 18.0 Å². The average molecular weight is 377 g/mol. The molecule has 2 amide bonds. The van der Waals surface area contributed by atoms with Gasteiger partial charge in [0.25, 0.3) is 0 Å². The fraction of sp³-hybridized carbons (Fsp3) is 0.263. The van der Waals surface area contributed by atoms with Crippen LogP contribution in [0.25, 0.3) is 0 Å². The van der Waals surface area contributed by atoms with Gasteiger partial charge in [-0.25, -0.2) is 4.79 Å². The lowest BCUT2D eigenvalue weighted by molar-refractivity contribution is -0.144. The maximum absolute atomic E-state index is 12.1. The second-order valence-electron chi connectivity index (χ2n) is 5.67. The molecule has 3 N–H and O–H groups in total. The third kappa shape index (κ3) is 6.29. The van der Waals surface area contributed by atoms with Gasteiger partial charge in [0.05, 0.1) is 12.5 Å². The van der Waals surface area contributed by atoms with E-state index in [2.05, 4.69) is 5.32 Å². The minimum Gasteiger partial charge on any atom is -0.490 e. The Labute approximate surface area is 157 Å². The van der Waals surface area contributed by atoms with Gasteiger partial charge in [0, 0.05) is 5.02 Å². The Morgan fingerprint density at radius 3 is 2.46 bits per heavy atom. The van der Waals surface area contributed by atoms with E-state index in [4.69, 9.17) is 26.8 Å². The standard InChI is InChI=1S/C19H21ClN2O4/c1-13-6-8-14(9-7-13)25-10-11-26-18(23)12-17(22-19(21)24)15-4-2-3-5-16(15)20/h2-9,17H,10-12H2,1H3,(H3,21,22,24). The average Bonchev–Trinajstić information content (AvgIpc) is 2.60. The van der Waals surface area contributed by atoms with E-state index in [1.165, 1.54) is 0 Å². The summed E-state index contributed by atoms with van der Waals surface area (Å²) in [6.45, 7) is 2.31. The second kappa shape index (κ2) is 9.68. The number of hydrogen-bond acceptors (Lipinski definition) is 4. The van der Waals surface area contributed by atoms with Crippen molar-refractivity contribution in [3.8, 4) is 5.75 Å². The molecule has 0 saturated carbocycles. The number of hydrogen-bond donors (Lipinski definition) is 2. The molecule has 2 rings (SSSR count). The van der Waals surface area contributed by atoms with Crippen LogP contribution in [0.1, 0.15) is 23.6 Å². The van der Waals surface area contributed by atoms with Crippen LogP contribution in [0.15, 0.2) is 48.5 Å². The Hall–Kier alpha value is -2.73. The van der Waals surface area contributed by atoms with Crippen LogP contribution in [0.5, 0.6) is 5.75 Å². The highest BCUT2D eigenvalue weighted by molar-refractivity contribution is 6.31. The number of nitrogens with two attached hydrogens (primary N) is 1. The highest BCUT2D eigenvalue weighted by Gasteiger charge is 2.20. The number of benzene rings is 2. The Morgan fingerprint density at radius 1 is 1.12 bits per heavy atom. The predicted molar refractivity (Wildman–Crippen MR) is 99.2 cm³/mol. The molecule has 0 aliphatic rings. The van der Waals surface area contributed by atoms with Gasteiger partial charge in [0.1, 0.15) is 19.0 Å². The van der Waals surface area contributed by atoms with Crippen LogP contribution in [0.2, 0.25) is 5.02 Å². The van der Waals surface area contributed by atoms with Gasteiger partial charge < -0.3 is 20.5 Å². The molecule has 2 aromatic carbocycles. The number of rotatable bonds is 8. The zero-order valence-corrected chi connectivity index (χ0v) is 15.2. The first-order valence-corrected chi connectivity index (χ1v) is 8.49. The van der Waals surface area contributed by atoms with Crippen LogP contribution in [-0.2, 0) is 9.53 Å². The van der Waals surface area contributed by atoms with Crippen LogP contribution in [0.4, 0.5) is 4.79 Å². The van der Waals surface area contributed by atoms with Crippen molar-refractivity contribution in [2.75, 3.05) is 13.2 Å². The molecule has 26 heavy (non-hydrogen) atoms. The topological polar surface area (TPSA) is 90.7 Å². The number of esters is 1. The Kier molecular flexibility index (Phi) is 7.29. The van der Waals surface area contributed by atoms with E-state index >= 15 is 0 Å². The Morgan fingerprint density at radius 2 is 1.81 bits per heavy atom. The molecule has 0 saturated heterocycles. The molecular weight excluding hydrogens is 356 g/mol. The van der Waals surface area contributed by atoms with Crippen molar-refractivity contribution in [1.29, 1.82) is 0 Å². The summed E-state index contributed by atoms with van der Waals surface area (Å²) in [7, 11) is 0. The third-order valence-electron chi connectivity index (χ3n) is 3.60. The van der Waals surface area contributed by atoms with Crippen molar-refractivity contribution >= 4 is 23.6 Å². The summed E-state index contributed by atoms with van der Waals surface area (Å²) >= 11 is 6.13. The number of aryl methyl sites for hydroxylation is 1. The first kappa shape index (κ1) is 19.6. The Balaban J connectivity index is 1.84. The lowest BCUT2D eigenvalue weighted by Crippen LogP contribution is -2.35. The molecule has 7 heteroatoms. The molecule has 1 atom stereocenters. The van der Waals surface area contributed by atoms with Crippen LogP contribution in [0, 0.1) is 6.92 Å². The van der Waals surface area contributed by atoms with E-state index in [9.17, 15) is 9.59 Å². The minimum absolute atomic E-state index is 0.0861. The fourth-order valence-electron chi connectivity index (χ4n) is 2.34. The van der Waals surface area contributed by atoms with Gasteiger partial charge in [-0.2, -0.15) is 0 Å². The van der Waals surface area contributed by atoms with Crippen molar-refractivity contribution in [3.63, 3.8) is 0 Å². The highest BCUT2D eigenvalue weighted by atomic mass is 35.5. The van der Waals surface area contributed by atoms with Gasteiger partial charge in [-0.05, 0) is 30.7 Å². The molecule has 0 radical (unpaired) electrons. The van der Waals surface area contributed by atoms with Crippen LogP contribution in [-0.4, -0.2) is 25.2 Å². The largest absolute Gasteiger partial charge is 0.490 e. The maximum atomic E-state index is 12.1. The van der Waals surface area contributed by atoms with Gasteiger partial charge >= 0.3 is 12.0 Å². The first-order valence-electron chi connectivity index (χ1n) is 8.11. The maximum Gasteiger partial charge on any atom is 0.312 e. The lowest BCUT2D eigenvalue weighted by Gasteiger charge is -2.18. The van der Waals surface area contributed by atoms with E-state index in [1.54, 1.807) is 24.3 Å². The number of nitrogens with one attached hydrogen (secondary N) is 1. The molecule has 6 nitrogen and oxygen atoms in total. The summed E-state index contributed by atoms with van der Waals surface area (Å²) in [4.78, 5) is 23.3. The number of carbonyl (C=O) groups excluding carboxylic acids is 2. The predicted octanol–water partition coefficient (Wildman–Crippen LogP) is 3.37. The molecule has 0 fully saturated rings. The van der Waals surface area contributed by atoms with Crippen molar-refractivity contribution in [1.82, 2.24) is 5.32 Å². The van der Waals surface area contributed by atoms with E-state index in [-0.39, 0.29) is 19.6 Å². The van der Waals surface area contributed by atoms with Gasteiger partial charge in [-0.3, -0.25) is 4.79 Å². The van der Waals surface area contributed by atoms with E-state index in [0.29, 0.717) is 16.3 Å². The molecule has 1 unspecified atom stereocenters. The van der Waals surface area contributed by atoms with Crippen LogP contribution >= 0.6 is 11.6 Å². The van der Waals surface area contributed by atoms with Gasteiger partial charge in [-0.1, -0.05) is 47.5 Å². The number of ether oxygens (including phenoxy) is 2. The van der Waals surface area contributed by atoms with E-state index in [1.807, 2.05) is 31.2 Å². The van der Waals surface area contributed by atoms with Crippen LogP contribution < -0.4 is 15.8 Å². The number of amides is 2. The lowest BCUT2D eigenvalue weighted by atomic mass is 10.0. The van der Waals surface area contributed by atoms with Crippen molar-refractivity contribution in [3.05, 3.63) is 64.7 Å². The molecule has 0 aliphatic carbocycles. The van der Waals surface area contributed by atoms with Crippen molar-refractivity contribution in [2.45, 2.75) is 19.4 Å². The molecule has 0 bridgehead atoms. The van der Waals surface area contributed by atoms with E-state index in [0.717, 1.165) is 5.56 Å². The molecule has 0 heterocycles. The Bertz CT molecular complexity index is 749. The molecule has 2 aromatic rings. The molecule has 138 valence electrons. The fourth-order valence-corrected chi connectivity index (χ4v) is 2.61. The zero-order chi connectivity index (χ0) is 18.9. The van der Waals surface area contributed by atoms with Gasteiger partial charge in [0.2, 0.25) is 0 Å². The zero-order valence-electron chi connectivity index (χ0n) is 14.4. The normalized spacial score (nSPS) is 11.5. The minimum atomic E-state index is -0.745. The quantitative estimate of drug-likeness (QED) is 0.546. The summed E-state index contributed by atoms with van der Waals surface area (Å²) in [5.41, 5.74) is 6.92. The molecule has 0 spiro atoms. The summed E-state index contributed by atoms with van der Waals surface area (Å²) in [5, 5.41) is 2.94. The smallest absolute Gasteiger partial charge is 0.312 e. The number of primary amides is 1. The van der Waals surface area contributed by atoms with Crippen molar-refractivity contribution in [2.24, 2.45) is 5.73 Å². The van der Waals surface area contributed by atoms with Crippen LogP contribution in [0.3, 0.4) is 0 Å². The van der Waals surface area contributed by atoms with Crippen molar-refractivity contribution < 1.29 is 19.1 Å². The summed E-state index contributed by atoms with van der Waals surface area (Å²) < 4.78 is 10.7. The highest BCUT2D eigenvalue weighted by Crippen LogP contribution is 2.25. The number of carbonyl (C=O) groups is 2. The monoisotopic (exact) mass is 376 g/mol. The van der Waals surface area contributed by atoms with Gasteiger partial charge in [0.15, 0.2) is 0 Å². The summed E-state index contributed by atoms with van der Waals surface area (Å²) in [5.74, 6) is 0.215.